The Bertz CT molecular complexity index is 1030. The third-order valence-corrected chi connectivity index (χ3v) is 6.32. The summed E-state index contributed by atoms with van der Waals surface area (Å²) in [6, 6.07) is 10.4. The zero-order valence-corrected chi connectivity index (χ0v) is 17.0. The highest BCUT2D eigenvalue weighted by molar-refractivity contribution is 5.92. The molecule has 6 heteroatoms. The Labute approximate surface area is 175 Å². The van der Waals surface area contributed by atoms with Crippen molar-refractivity contribution in [2.75, 3.05) is 13.1 Å². The molecule has 1 saturated heterocycles. The standard InChI is InChI=1S/C24H26FN3O2/c25-18-10-8-17(9-11-18)22-23(28(16-26-22)19-6-2-3-7-19)20-12-13-21(30-20)24(29)27-14-4-1-5-15-27/h8-13,16,19H,1-7,14-15H2. The molecule has 2 aliphatic rings. The third-order valence-electron chi connectivity index (χ3n) is 6.32. The van der Waals surface area contributed by atoms with E-state index in [1.165, 1.54) is 31.4 Å². The molecule has 1 aliphatic carbocycles. The van der Waals surface area contributed by atoms with Gasteiger partial charge < -0.3 is 13.9 Å². The molecule has 0 bridgehead atoms. The lowest BCUT2D eigenvalue weighted by molar-refractivity contribution is 0.0693. The number of benzene rings is 1. The first-order chi connectivity index (χ1) is 14.7. The summed E-state index contributed by atoms with van der Waals surface area (Å²) in [6.45, 7) is 1.57. The first kappa shape index (κ1) is 19.1. The molecular weight excluding hydrogens is 381 g/mol. The second kappa shape index (κ2) is 8.09. The van der Waals surface area contributed by atoms with Gasteiger partial charge in [0.25, 0.3) is 5.91 Å². The molecule has 0 atom stereocenters. The van der Waals surface area contributed by atoms with Gasteiger partial charge in [0.15, 0.2) is 11.5 Å². The van der Waals surface area contributed by atoms with Crippen molar-refractivity contribution in [3.8, 4) is 22.7 Å². The van der Waals surface area contributed by atoms with Gasteiger partial charge in [-0.1, -0.05) is 12.8 Å². The average Bonchev–Trinajstić information content (AvgIpc) is 3.54. The van der Waals surface area contributed by atoms with Crippen molar-refractivity contribution in [1.82, 2.24) is 14.5 Å². The molecule has 5 rings (SSSR count). The van der Waals surface area contributed by atoms with Gasteiger partial charge >= 0.3 is 0 Å². The number of imidazole rings is 1. The number of aromatic nitrogens is 2. The van der Waals surface area contributed by atoms with Crippen molar-refractivity contribution in [3.05, 3.63) is 54.3 Å². The highest BCUT2D eigenvalue weighted by Crippen LogP contribution is 2.39. The number of rotatable bonds is 4. The van der Waals surface area contributed by atoms with Crippen LogP contribution in [-0.4, -0.2) is 33.4 Å². The summed E-state index contributed by atoms with van der Waals surface area (Å²) < 4.78 is 21.7. The van der Waals surface area contributed by atoms with Crippen molar-refractivity contribution in [3.63, 3.8) is 0 Å². The molecule has 1 aromatic carbocycles. The summed E-state index contributed by atoms with van der Waals surface area (Å²) in [5.41, 5.74) is 2.46. The maximum Gasteiger partial charge on any atom is 0.289 e. The highest BCUT2D eigenvalue weighted by atomic mass is 19.1. The van der Waals surface area contributed by atoms with Gasteiger partial charge in [0.1, 0.15) is 11.5 Å². The van der Waals surface area contributed by atoms with Crippen LogP contribution in [0.5, 0.6) is 0 Å². The molecule has 1 aliphatic heterocycles. The van der Waals surface area contributed by atoms with E-state index in [-0.39, 0.29) is 11.7 Å². The predicted octanol–water partition coefficient (Wildman–Crippen LogP) is 5.69. The van der Waals surface area contributed by atoms with E-state index in [1.54, 1.807) is 18.2 Å². The van der Waals surface area contributed by atoms with Crippen LogP contribution in [-0.2, 0) is 0 Å². The Morgan fingerprint density at radius 2 is 1.70 bits per heavy atom. The van der Waals surface area contributed by atoms with Gasteiger partial charge in [-0.25, -0.2) is 9.37 Å². The number of likely N-dealkylation sites (tertiary alicyclic amines) is 1. The normalized spacial score (nSPS) is 17.6. The number of carbonyl (C=O) groups excluding carboxylic acids is 1. The van der Waals surface area contributed by atoms with Gasteiger partial charge in [0.05, 0.1) is 12.0 Å². The molecule has 1 amide bonds. The molecule has 3 heterocycles. The molecule has 1 saturated carbocycles. The van der Waals surface area contributed by atoms with Crippen molar-refractivity contribution in [2.45, 2.75) is 51.0 Å². The lowest BCUT2D eigenvalue weighted by Crippen LogP contribution is -2.35. The zero-order chi connectivity index (χ0) is 20.5. The second-order valence-corrected chi connectivity index (χ2v) is 8.31. The fourth-order valence-electron chi connectivity index (χ4n) is 4.72. The smallest absolute Gasteiger partial charge is 0.289 e. The lowest BCUT2D eigenvalue weighted by Gasteiger charge is -2.25. The van der Waals surface area contributed by atoms with Crippen LogP contribution < -0.4 is 0 Å². The van der Waals surface area contributed by atoms with Gasteiger partial charge in [-0.2, -0.15) is 0 Å². The second-order valence-electron chi connectivity index (χ2n) is 8.31. The lowest BCUT2D eigenvalue weighted by atomic mass is 10.1. The number of hydrogen-bond donors (Lipinski definition) is 0. The third kappa shape index (κ3) is 3.55. The van der Waals surface area contributed by atoms with Gasteiger partial charge in [0, 0.05) is 24.7 Å². The Kier molecular flexibility index (Phi) is 5.15. The minimum Gasteiger partial charge on any atom is -0.449 e. The number of amides is 1. The van der Waals surface area contributed by atoms with E-state index in [0.717, 1.165) is 55.7 Å². The average molecular weight is 407 g/mol. The zero-order valence-electron chi connectivity index (χ0n) is 17.0. The number of halogens is 1. The summed E-state index contributed by atoms with van der Waals surface area (Å²) in [4.78, 5) is 19.4. The van der Waals surface area contributed by atoms with Gasteiger partial charge in [0.2, 0.25) is 0 Å². The summed E-state index contributed by atoms with van der Waals surface area (Å²) in [6.07, 6.45) is 9.73. The van der Waals surface area contributed by atoms with Crippen molar-refractivity contribution in [1.29, 1.82) is 0 Å². The number of furan rings is 1. The molecule has 0 radical (unpaired) electrons. The van der Waals surface area contributed by atoms with Crippen LogP contribution in [0.4, 0.5) is 4.39 Å². The van der Waals surface area contributed by atoms with Crippen LogP contribution in [0.1, 0.15) is 61.5 Å². The first-order valence-electron chi connectivity index (χ1n) is 10.9. The van der Waals surface area contributed by atoms with E-state index in [4.69, 9.17) is 4.42 Å². The molecule has 2 fully saturated rings. The quantitative estimate of drug-likeness (QED) is 0.558. The monoisotopic (exact) mass is 407 g/mol. The molecule has 0 spiro atoms. The predicted molar refractivity (Wildman–Crippen MR) is 113 cm³/mol. The molecule has 0 N–H and O–H groups in total. The van der Waals surface area contributed by atoms with E-state index in [9.17, 15) is 9.18 Å². The number of hydrogen-bond acceptors (Lipinski definition) is 3. The molecule has 30 heavy (non-hydrogen) atoms. The van der Waals surface area contributed by atoms with Crippen LogP contribution in [0.2, 0.25) is 0 Å². The van der Waals surface area contributed by atoms with Crippen LogP contribution in [0, 0.1) is 5.82 Å². The largest absolute Gasteiger partial charge is 0.449 e. The molecule has 156 valence electrons. The fraction of sp³-hybridized carbons (Fsp3) is 0.417. The van der Waals surface area contributed by atoms with E-state index < -0.39 is 0 Å². The van der Waals surface area contributed by atoms with Crippen molar-refractivity contribution < 1.29 is 13.6 Å². The topological polar surface area (TPSA) is 51.3 Å². The van der Waals surface area contributed by atoms with Crippen LogP contribution in [0.15, 0.2) is 47.1 Å². The van der Waals surface area contributed by atoms with Gasteiger partial charge in [-0.05, 0) is 68.5 Å². The molecule has 3 aromatic rings. The highest BCUT2D eigenvalue weighted by Gasteiger charge is 2.27. The van der Waals surface area contributed by atoms with Crippen LogP contribution in [0.3, 0.4) is 0 Å². The Morgan fingerprint density at radius 3 is 2.43 bits per heavy atom. The number of piperidine rings is 1. The first-order valence-corrected chi connectivity index (χ1v) is 10.9. The molecular formula is C24H26FN3O2. The Balaban J connectivity index is 1.54. The summed E-state index contributed by atoms with van der Waals surface area (Å²) in [7, 11) is 0. The fourth-order valence-corrected chi connectivity index (χ4v) is 4.72. The van der Waals surface area contributed by atoms with Crippen molar-refractivity contribution in [2.24, 2.45) is 0 Å². The molecule has 2 aromatic heterocycles. The van der Waals surface area contributed by atoms with Crippen LogP contribution in [0.25, 0.3) is 22.7 Å². The summed E-state index contributed by atoms with van der Waals surface area (Å²) in [5, 5.41) is 0. The minimum absolute atomic E-state index is 0.0452. The summed E-state index contributed by atoms with van der Waals surface area (Å²) >= 11 is 0. The van der Waals surface area contributed by atoms with Gasteiger partial charge in [-0.15, -0.1) is 0 Å². The van der Waals surface area contributed by atoms with E-state index in [2.05, 4.69) is 9.55 Å². The number of nitrogens with zero attached hydrogens (tertiary/aromatic N) is 3. The summed E-state index contributed by atoms with van der Waals surface area (Å²) in [5.74, 6) is 0.689. The van der Waals surface area contributed by atoms with E-state index in [0.29, 0.717) is 17.6 Å². The molecule has 0 unspecified atom stereocenters. The minimum atomic E-state index is -0.275. The number of carbonyl (C=O) groups is 1. The maximum atomic E-state index is 13.5. The van der Waals surface area contributed by atoms with Crippen molar-refractivity contribution >= 4 is 5.91 Å². The van der Waals surface area contributed by atoms with Gasteiger partial charge in [-0.3, -0.25) is 4.79 Å². The van der Waals surface area contributed by atoms with Crippen LogP contribution >= 0.6 is 0 Å². The maximum absolute atomic E-state index is 13.5. The van der Waals surface area contributed by atoms with E-state index in [1.807, 2.05) is 17.3 Å². The van der Waals surface area contributed by atoms with E-state index >= 15 is 0 Å². The SMILES string of the molecule is O=C(c1ccc(-c2c(-c3ccc(F)cc3)ncn2C2CCCC2)o1)N1CCCCC1. The Morgan fingerprint density at radius 1 is 0.967 bits per heavy atom. The Hall–Kier alpha value is -2.89. The molecule has 5 nitrogen and oxygen atoms in total.